The Morgan fingerprint density at radius 3 is 2.49 bits per heavy atom. The Bertz CT molecular complexity index is 1400. The van der Waals surface area contributed by atoms with Crippen molar-refractivity contribution in [2.45, 2.75) is 25.9 Å². The van der Waals surface area contributed by atoms with Gasteiger partial charge in [0.2, 0.25) is 5.91 Å². The van der Waals surface area contributed by atoms with Gasteiger partial charge in [-0.3, -0.25) is 14.9 Å². The van der Waals surface area contributed by atoms with Crippen molar-refractivity contribution in [1.82, 2.24) is 20.0 Å². The average molecular weight is 535 g/mol. The van der Waals surface area contributed by atoms with Crippen molar-refractivity contribution in [1.29, 1.82) is 0 Å². The van der Waals surface area contributed by atoms with Gasteiger partial charge in [0, 0.05) is 17.6 Å². The molecule has 3 N–H and O–H groups in total. The lowest BCUT2D eigenvalue weighted by molar-refractivity contribution is -0.141. The van der Waals surface area contributed by atoms with E-state index in [1.807, 2.05) is 0 Å². The summed E-state index contributed by atoms with van der Waals surface area (Å²) in [6.45, 7) is 3.18. The number of aliphatic carboxylic acids is 1. The number of amides is 2. The van der Waals surface area contributed by atoms with Crippen molar-refractivity contribution in [3.63, 3.8) is 0 Å². The maximum Gasteiger partial charge on any atom is 0.413 e. The number of carboxylic acid groups (broad SMARTS) is 1. The molecule has 194 valence electrons. The van der Waals surface area contributed by atoms with Crippen molar-refractivity contribution in [2.75, 3.05) is 10.6 Å². The molecule has 37 heavy (non-hydrogen) atoms. The van der Waals surface area contributed by atoms with Crippen LogP contribution in [0.25, 0.3) is 11.4 Å². The number of nitrogens with one attached hydrogen (secondary N) is 2. The highest BCUT2D eigenvalue weighted by Crippen LogP contribution is 2.55. The normalized spacial score (nSPS) is 18.5. The SMILES string of the molecule is Cc1nc(-c2nnn(C)c2NC(=O)OC(C)c2ccccc2Cl)ccc1NC(=O)[C@H]1[C@H](C(=O)O)C1(F)F. The third-order valence-corrected chi connectivity index (χ3v) is 6.21. The molecule has 14 heteroatoms. The number of halogens is 3. The molecule has 11 nitrogen and oxygen atoms in total. The molecule has 1 fully saturated rings. The number of carbonyl (C=O) groups excluding carboxylic acids is 2. The molecule has 1 saturated carbocycles. The van der Waals surface area contributed by atoms with E-state index in [1.165, 1.54) is 23.7 Å². The average Bonchev–Trinajstić information content (AvgIpc) is 3.25. The van der Waals surface area contributed by atoms with Crippen LogP contribution in [0.5, 0.6) is 0 Å². The maximum atomic E-state index is 13.7. The van der Waals surface area contributed by atoms with Crippen molar-refractivity contribution in [2.24, 2.45) is 18.9 Å². The molecule has 3 aromatic rings. The van der Waals surface area contributed by atoms with E-state index in [4.69, 9.17) is 21.4 Å². The minimum Gasteiger partial charge on any atom is -0.481 e. The number of aryl methyl sites for hydroxylation is 2. The summed E-state index contributed by atoms with van der Waals surface area (Å²) in [5, 5.41) is 22.1. The first-order chi connectivity index (χ1) is 17.4. The number of hydrogen-bond donors (Lipinski definition) is 3. The van der Waals surface area contributed by atoms with Crippen LogP contribution in [-0.2, 0) is 21.4 Å². The summed E-state index contributed by atoms with van der Waals surface area (Å²) in [5.41, 5.74) is 1.43. The first kappa shape index (κ1) is 25.9. The highest BCUT2D eigenvalue weighted by atomic mass is 35.5. The molecule has 1 unspecified atom stereocenters. The predicted molar refractivity (Wildman–Crippen MR) is 127 cm³/mol. The molecule has 0 spiro atoms. The van der Waals surface area contributed by atoms with E-state index < -0.39 is 41.8 Å². The van der Waals surface area contributed by atoms with Crippen LogP contribution in [0.15, 0.2) is 36.4 Å². The number of rotatable bonds is 7. The lowest BCUT2D eigenvalue weighted by Gasteiger charge is -2.15. The molecular formula is C23H21ClF2N6O5. The zero-order valence-electron chi connectivity index (χ0n) is 19.7. The fourth-order valence-corrected chi connectivity index (χ4v) is 4.11. The molecule has 3 atom stereocenters. The monoisotopic (exact) mass is 534 g/mol. The van der Waals surface area contributed by atoms with Gasteiger partial charge in [0.15, 0.2) is 11.5 Å². The van der Waals surface area contributed by atoms with Gasteiger partial charge in [-0.15, -0.1) is 5.10 Å². The van der Waals surface area contributed by atoms with E-state index in [0.29, 0.717) is 10.6 Å². The molecule has 0 bridgehead atoms. The van der Waals surface area contributed by atoms with E-state index in [2.05, 4.69) is 25.9 Å². The topological polar surface area (TPSA) is 148 Å². The maximum absolute atomic E-state index is 13.7. The highest BCUT2D eigenvalue weighted by Gasteiger charge is 2.76. The van der Waals surface area contributed by atoms with Gasteiger partial charge in [0.25, 0.3) is 5.92 Å². The van der Waals surface area contributed by atoms with E-state index >= 15 is 0 Å². The number of alkyl halides is 2. The molecule has 2 aromatic heterocycles. The number of benzene rings is 1. The molecule has 0 aliphatic heterocycles. The number of aromatic nitrogens is 4. The number of ether oxygens (including phenoxy) is 1. The van der Waals surface area contributed by atoms with Crippen LogP contribution in [0.3, 0.4) is 0 Å². The summed E-state index contributed by atoms with van der Waals surface area (Å²) < 4.78 is 34.1. The second-order valence-corrected chi connectivity index (χ2v) is 8.80. The van der Waals surface area contributed by atoms with Crippen molar-refractivity contribution < 1.29 is 33.0 Å². The summed E-state index contributed by atoms with van der Waals surface area (Å²) in [5.74, 6) is -10.3. The Balaban J connectivity index is 1.48. The van der Waals surface area contributed by atoms with E-state index in [1.54, 1.807) is 38.2 Å². The fourth-order valence-electron chi connectivity index (χ4n) is 3.82. The highest BCUT2D eigenvalue weighted by molar-refractivity contribution is 6.31. The van der Waals surface area contributed by atoms with Crippen molar-refractivity contribution in [3.8, 4) is 11.4 Å². The number of carboxylic acids is 1. The smallest absolute Gasteiger partial charge is 0.413 e. The predicted octanol–water partition coefficient (Wildman–Crippen LogP) is 4.05. The van der Waals surface area contributed by atoms with Crippen molar-refractivity contribution in [3.05, 3.63) is 52.7 Å². The summed E-state index contributed by atoms with van der Waals surface area (Å²) in [7, 11) is 1.54. The zero-order chi connectivity index (χ0) is 27.1. The van der Waals surface area contributed by atoms with Gasteiger partial charge in [0.1, 0.15) is 17.9 Å². The third-order valence-electron chi connectivity index (χ3n) is 5.86. The summed E-state index contributed by atoms with van der Waals surface area (Å²) in [6.07, 6.45) is -1.45. The van der Waals surface area contributed by atoms with Crippen LogP contribution < -0.4 is 10.6 Å². The quantitative estimate of drug-likeness (QED) is 0.411. The van der Waals surface area contributed by atoms with Gasteiger partial charge in [-0.25, -0.2) is 23.2 Å². The Kier molecular flexibility index (Phi) is 6.82. The molecular weight excluding hydrogens is 514 g/mol. The van der Waals surface area contributed by atoms with Crippen LogP contribution >= 0.6 is 11.6 Å². The largest absolute Gasteiger partial charge is 0.481 e. The Labute approximate surface area is 213 Å². The lowest BCUT2D eigenvalue weighted by atomic mass is 10.1. The van der Waals surface area contributed by atoms with Gasteiger partial charge in [-0.05, 0) is 32.0 Å². The number of anilines is 2. The second-order valence-electron chi connectivity index (χ2n) is 8.39. The van der Waals surface area contributed by atoms with Crippen molar-refractivity contribution >= 4 is 41.1 Å². The number of nitrogens with zero attached hydrogens (tertiary/aromatic N) is 4. The standard InChI is InChI=1S/C23H21ClF2N6O5/c1-10-14(28-20(33)16-17(21(34)35)23(16,25)26)8-9-15(27-10)18-19(32(3)31-30-18)29-22(36)37-11(2)12-6-4-5-7-13(12)24/h4-9,11,16-17H,1-3H3,(H,28,33)(H,29,36)(H,34,35)/t11?,16-,17-/m1/s1. The minimum atomic E-state index is -3.62. The molecule has 0 saturated heterocycles. The zero-order valence-corrected chi connectivity index (χ0v) is 20.5. The molecule has 2 amide bonds. The molecule has 4 rings (SSSR count). The third kappa shape index (κ3) is 5.07. The number of hydrogen-bond acceptors (Lipinski definition) is 7. The molecule has 2 heterocycles. The van der Waals surface area contributed by atoms with Crippen LogP contribution in [0, 0.1) is 18.8 Å². The Hall–Kier alpha value is -4.13. The van der Waals surface area contributed by atoms with Gasteiger partial charge < -0.3 is 15.2 Å². The summed E-state index contributed by atoms with van der Waals surface area (Å²) in [4.78, 5) is 40.1. The van der Waals surface area contributed by atoms with Crippen LogP contribution in [0.4, 0.5) is 25.1 Å². The fraction of sp³-hybridized carbons (Fsp3) is 0.304. The Morgan fingerprint density at radius 1 is 1.16 bits per heavy atom. The molecule has 0 radical (unpaired) electrons. The molecule has 1 aliphatic rings. The minimum absolute atomic E-state index is 0.118. The van der Waals surface area contributed by atoms with E-state index in [0.717, 1.165) is 0 Å². The molecule has 1 aliphatic carbocycles. The van der Waals surface area contributed by atoms with Crippen LogP contribution in [0.1, 0.15) is 24.3 Å². The second kappa shape index (κ2) is 9.73. The molecule has 1 aromatic carbocycles. The first-order valence-electron chi connectivity index (χ1n) is 10.9. The van der Waals surface area contributed by atoms with Gasteiger partial charge >= 0.3 is 12.1 Å². The Morgan fingerprint density at radius 2 is 1.86 bits per heavy atom. The summed E-state index contributed by atoms with van der Waals surface area (Å²) >= 11 is 6.16. The summed E-state index contributed by atoms with van der Waals surface area (Å²) in [6, 6.07) is 9.78. The van der Waals surface area contributed by atoms with Crippen LogP contribution in [0.2, 0.25) is 5.02 Å². The first-order valence-corrected chi connectivity index (χ1v) is 11.3. The van der Waals surface area contributed by atoms with Gasteiger partial charge in [0.05, 0.1) is 17.1 Å². The number of pyridine rings is 1. The van der Waals surface area contributed by atoms with E-state index in [-0.39, 0.29) is 28.6 Å². The van der Waals surface area contributed by atoms with E-state index in [9.17, 15) is 23.2 Å². The number of carbonyl (C=O) groups is 3. The van der Waals surface area contributed by atoms with Gasteiger partial charge in [-0.1, -0.05) is 35.0 Å². The lowest BCUT2D eigenvalue weighted by Crippen LogP contribution is -2.19. The van der Waals surface area contributed by atoms with Crippen LogP contribution in [-0.4, -0.2) is 49.0 Å². The van der Waals surface area contributed by atoms with Gasteiger partial charge in [-0.2, -0.15) is 0 Å².